The number of benzene rings is 1. The quantitative estimate of drug-likeness (QED) is 0.731. The van der Waals surface area contributed by atoms with Gasteiger partial charge < -0.3 is 15.7 Å². The highest BCUT2D eigenvalue weighted by molar-refractivity contribution is 9.10. The summed E-state index contributed by atoms with van der Waals surface area (Å²) in [5.41, 5.74) is 0.433. The predicted molar refractivity (Wildman–Crippen MR) is 68.1 cm³/mol. The van der Waals surface area contributed by atoms with Crippen LogP contribution in [-0.2, 0) is 4.79 Å². The number of anilines is 1. The lowest BCUT2D eigenvalue weighted by Gasteiger charge is -2.26. The van der Waals surface area contributed by atoms with Crippen LogP contribution in [-0.4, -0.2) is 23.6 Å². The summed E-state index contributed by atoms with van der Waals surface area (Å²) in [6.45, 7) is 0.878. The maximum atomic E-state index is 11.6. The van der Waals surface area contributed by atoms with Crippen molar-refractivity contribution in [3.8, 4) is 5.75 Å². The summed E-state index contributed by atoms with van der Waals surface area (Å²) in [6, 6.07) is 4.80. The third-order valence-corrected chi connectivity index (χ3v) is 2.85. The fourth-order valence-corrected chi connectivity index (χ4v) is 1.70. The van der Waals surface area contributed by atoms with Crippen molar-refractivity contribution in [1.82, 2.24) is 5.32 Å². The maximum Gasteiger partial charge on any atom is 0.241 e. The molecular weight excluding hydrogens is 295 g/mol. The van der Waals surface area contributed by atoms with Crippen molar-refractivity contribution in [2.45, 2.75) is 12.5 Å². The Morgan fingerprint density at radius 2 is 2.25 bits per heavy atom. The largest absolute Gasteiger partial charge is 0.506 e. The topological polar surface area (TPSA) is 61.4 Å². The number of phenolic OH excluding ortho intramolecular Hbond substituents is 1. The van der Waals surface area contributed by atoms with Crippen molar-refractivity contribution in [2.75, 3.05) is 11.9 Å². The van der Waals surface area contributed by atoms with Gasteiger partial charge in [0.05, 0.1) is 11.7 Å². The Labute approximate surface area is 108 Å². The van der Waals surface area contributed by atoms with Crippen molar-refractivity contribution in [3.63, 3.8) is 0 Å². The molecule has 0 spiro atoms. The van der Waals surface area contributed by atoms with Crippen LogP contribution in [0.2, 0.25) is 0 Å². The number of carbonyl (C=O) groups excluding carboxylic acids is 1. The smallest absolute Gasteiger partial charge is 0.241 e. The van der Waals surface area contributed by atoms with Gasteiger partial charge in [-0.25, -0.2) is 0 Å². The van der Waals surface area contributed by atoms with Crippen molar-refractivity contribution < 1.29 is 9.90 Å². The van der Waals surface area contributed by atoms with Gasteiger partial charge in [0.2, 0.25) is 5.91 Å². The number of hydrogen-bond donors (Lipinski definition) is 3. The molecular formula is C10H12BrClN2O2. The fraction of sp³-hybridized carbons (Fsp3) is 0.300. The van der Waals surface area contributed by atoms with Gasteiger partial charge in [-0.2, -0.15) is 0 Å². The first-order valence-corrected chi connectivity index (χ1v) is 5.49. The summed E-state index contributed by atoms with van der Waals surface area (Å²) in [4.78, 5) is 11.6. The molecule has 0 bridgehead atoms. The molecule has 1 heterocycles. The third kappa shape index (κ3) is 2.87. The van der Waals surface area contributed by atoms with Crippen LogP contribution in [0.1, 0.15) is 6.42 Å². The van der Waals surface area contributed by atoms with Crippen molar-refractivity contribution in [1.29, 1.82) is 0 Å². The van der Waals surface area contributed by atoms with Crippen LogP contribution in [0.5, 0.6) is 5.75 Å². The normalized spacial score (nSPS) is 18.2. The molecule has 1 atom stereocenters. The molecule has 1 saturated heterocycles. The second kappa shape index (κ2) is 5.52. The van der Waals surface area contributed by atoms with Gasteiger partial charge in [0.15, 0.2) is 0 Å². The minimum Gasteiger partial charge on any atom is -0.506 e. The van der Waals surface area contributed by atoms with Crippen LogP contribution < -0.4 is 10.6 Å². The van der Waals surface area contributed by atoms with Gasteiger partial charge in [0, 0.05) is 4.47 Å². The number of aromatic hydroxyl groups is 1. The van der Waals surface area contributed by atoms with E-state index in [4.69, 9.17) is 0 Å². The van der Waals surface area contributed by atoms with Crippen LogP contribution in [0.15, 0.2) is 22.7 Å². The van der Waals surface area contributed by atoms with Gasteiger partial charge in [-0.3, -0.25) is 4.79 Å². The summed E-state index contributed by atoms with van der Waals surface area (Å²) in [7, 11) is 0. The summed E-state index contributed by atoms with van der Waals surface area (Å²) < 4.78 is 0.817. The van der Waals surface area contributed by atoms with Gasteiger partial charge in [-0.15, -0.1) is 12.4 Å². The summed E-state index contributed by atoms with van der Waals surface area (Å²) >= 11 is 3.28. The SMILES string of the molecule is Cl.O=C(Nc1cc(Br)ccc1O)[C@H]1CCN1. The molecule has 1 fully saturated rings. The lowest BCUT2D eigenvalue weighted by molar-refractivity contribution is -0.119. The number of nitrogens with one attached hydrogen (secondary N) is 2. The second-order valence-electron chi connectivity index (χ2n) is 3.45. The molecule has 0 radical (unpaired) electrons. The summed E-state index contributed by atoms with van der Waals surface area (Å²) in [5.74, 6) is -0.0273. The van der Waals surface area contributed by atoms with Gasteiger partial charge in [-0.05, 0) is 31.2 Å². The molecule has 2 rings (SSSR count). The van der Waals surface area contributed by atoms with E-state index in [-0.39, 0.29) is 30.1 Å². The van der Waals surface area contributed by atoms with Gasteiger partial charge in [0.25, 0.3) is 0 Å². The number of amides is 1. The molecule has 1 aliphatic rings. The van der Waals surface area contributed by atoms with E-state index in [0.717, 1.165) is 17.4 Å². The van der Waals surface area contributed by atoms with E-state index in [1.807, 2.05) is 0 Å². The molecule has 88 valence electrons. The van der Waals surface area contributed by atoms with Crippen LogP contribution >= 0.6 is 28.3 Å². The average molecular weight is 308 g/mol. The van der Waals surface area contributed by atoms with E-state index in [1.165, 1.54) is 6.07 Å². The van der Waals surface area contributed by atoms with Crippen molar-refractivity contribution in [3.05, 3.63) is 22.7 Å². The Morgan fingerprint density at radius 3 is 2.81 bits per heavy atom. The number of halogens is 2. The summed E-state index contributed by atoms with van der Waals surface area (Å²) in [6.07, 6.45) is 0.848. The van der Waals surface area contributed by atoms with Gasteiger partial charge in [0.1, 0.15) is 5.75 Å². The van der Waals surface area contributed by atoms with E-state index in [1.54, 1.807) is 12.1 Å². The zero-order valence-corrected chi connectivity index (χ0v) is 10.8. The first-order valence-electron chi connectivity index (χ1n) is 4.69. The van der Waals surface area contributed by atoms with Crippen LogP contribution in [0, 0.1) is 0 Å². The highest BCUT2D eigenvalue weighted by Gasteiger charge is 2.24. The monoisotopic (exact) mass is 306 g/mol. The number of phenols is 1. The molecule has 1 aromatic rings. The molecule has 6 heteroatoms. The molecule has 3 N–H and O–H groups in total. The predicted octanol–water partition coefficient (Wildman–Crippen LogP) is 1.88. The third-order valence-electron chi connectivity index (χ3n) is 2.36. The molecule has 16 heavy (non-hydrogen) atoms. The molecule has 0 aliphatic carbocycles. The molecule has 0 aromatic heterocycles. The zero-order valence-electron chi connectivity index (χ0n) is 8.37. The van der Waals surface area contributed by atoms with Crippen molar-refractivity contribution in [2.24, 2.45) is 0 Å². The zero-order chi connectivity index (χ0) is 10.8. The van der Waals surface area contributed by atoms with Crippen molar-refractivity contribution >= 4 is 39.9 Å². The highest BCUT2D eigenvalue weighted by atomic mass is 79.9. The number of hydrogen-bond acceptors (Lipinski definition) is 3. The summed E-state index contributed by atoms with van der Waals surface area (Å²) in [5, 5.41) is 15.2. The Morgan fingerprint density at radius 1 is 1.56 bits per heavy atom. The van der Waals surface area contributed by atoms with Crippen LogP contribution in [0.4, 0.5) is 5.69 Å². The molecule has 0 unspecified atom stereocenters. The first-order chi connectivity index (χ1) is 7.16. The molecule has 1 aromatic carbocycles. The molecule has 1 amide bonds. The standard InChI is InChI=1S/C10H11BrN2O2.ClH/c11-6-1-2-9(14)8(5-6)13-10(15)7-3-4-12-7;/h1-2,5,7,12,14H,3-4H2,(H,13,15);1H/t7-;/m1./s1. The van der Waals surface area contributed by atoms with E-state index in [0.29, 0.717) is 5.69 Å². The van der Waals surface area contributed by atoms with E-state index < -0.39 is 0 Å². The molecule has 0 saturated carbocycles. The fourth-order valence-electron chi connectivity index (χ4n) is 1.34. The lowest BCUT2D eigenvalue weighted by Crippen LogP contribution is -2.50. The van der Waals surface area contributed by atoms with Gasteiger partial charge in [-0.1, -0.05) is 15.9 Å². The van der Waals surface area contributed by atoms with E-state index in [2.05, 4.69) is 26.6 Å². The number of rotatable bonds is 2. The first kappa shape index (κ1) is 13.3. The van der Waals surface area contributed by atoms with Gasteiger partial charge >= 0.3 is 0 Å². The van der Waals surface area contributed by atoms with Crippen LogP contribution in [0.25, 0.3) is 0 Å². The van der Waals surface area contributed by atoms with Crippen LogP contribution in [0.3, 0.4) is 0 Å². The Balaban J connectivity index is 0.00000128. The van der Waals surface area contributed by atoms with E-state index >= 15 is 0 Å². The Bertz CT molecular complexity index is 396. The van der Waals surface area contributed by atoms with E-state index in [9.17, 15) is 9.90 Å². The maximum absolute atomic E-state index is 11.6. The minimum atomic E-state index is -0.122. The average Bonchev–Trinajstić information content (AvgIpc) is 2.08. The Hall–Kier alpha value is -0.780. The highest BCUT2D eigenvalue weighted by Crippen LogP contribution is 2.27. The second-order valence-corrected chi connectivity index (χ2v) is 4.36. The minimum absolute atomic E-state index is 0. The molecule has 4 nitrogen and oxygen atoms in total. The lowest BCUT2D eigenvalue weighted by atomic mass is 10.1. The Kier molecular flexibility index (Phi) is 4.58. The number of carbonyl (C=O) groups is 1. The molecule has 1 aliphatic heterocycles.